The Morgan fingerprint density at radius 1 is 1.53 bits per heavy atom. The second-order valence-electron chi connectivity index (χ2n) is 4.62. The van der Waals surface area contributed by atoms with Gasteiger partial charge in [-0.05, 0) is 38.7 Å². The van der Waals surface area contributed by atoms with Crippen LogP contribution in [0, 0.1) is 0 Å². The van der Waals surface area contributed by atoms with E-state index in [1.54, 1.807) is 0 Å². The smallest absolute Gasteiger partial charge is 0.222 e. The molecule has 0 aliphatic carbocycles. The number of thioether (sulfide) groups is 1. The van der Waals surface area contributed by atoms with Gasteiger partial charge in [0, 0.05) is 18.0 Å². The number of amides is 1. The highest BCUT2D eigenvalue weighted by Gasteiger charge is 2.17. The molecule has 90 valence electrons. The molecule has 0 aromatic heterocycles. The van der Waals surface area contributed by atoms with Crippen molar-refractivity contribution in [3.05, 3.63) is 0 Å². The van der Waals surface area contributed by atoms with Crippen LogP contribution in [0.15, 0.2) is 0 Å². The van der Waals surface area contributed by atoms with Crippen molar-refractivity contribution < 1.29 is 4.79 Å². The van der Waals surface area contributed by atoms with Gasteiger partial charge in [0.15, 0.2) is 0 Å². The summed E-state index contributed by atoms with van der Waals surface area (Å²) in [5.74, 6) is 2.29. The molecule has 0 bridgehead atoms. The van der Waals surface area contributed by atoms with Gasteiger partial charge >= 0.3 is 0 Å². The Balaban J connectivity index is 3.67. The summed E-state index contributed by atoms with van der Waals surface area (Å²) in [6.07, 6.45) is 1.41. The Hall–Kier alpha value is -0.220. The highest BCUT2D eigenvalue weighted by atomic mass is 32.2. The minimum atomic E-state index is -0.415. The SMILES string of the molecule is CCSCCC(C)NC(=O)CC(C)(C)N. The number of nitrogens with one attached hydrogen (secondary N) is 1. The molecule has 0 aromatic carbocycles. The first-order valence-electron chi connectivity index (χ1n) is 5.51. The Morgan fingerprint density at radius 2 is 2.13 bits per heavy atom. The first kappa shape index (κ1) is 14.8. The molecule has 0 fully saturated rings. The van der Waals surface area contributed by atoms with Crippen molar-refractivity contribution in [3.8, 4) is 0 Å². The van der Waals surface area contributed by atoms with Crippen LogP contribution in [0.5, 0.6) is 0 Å². The van der Waals surface area contributed by atoms with Crippen LogP contribution in [0.2, 0.25) is 0 Å². The highest BCUT2D eigenvalue weighted by Crippen LogP contribution is 2.06. The molecular formula is C11H24N2OS. The topological polar surface area (TPSA) is 55.1 Å². The maximum absolute atomic E-state index is 11.5. The van der Waals surface area contributed by atoms with Crippen molar-refractivity contribution in [2.75, 3.05) is 11.5 Å². The Bertz CT molecular complexity index is 190. The predicted octanol–water partition coefficient (Wildman–Crippen LogP) is 1.76. The molecule has 0 saturated carbocycles. The largest absolute Gasteiger partial charge is 0.354 e. The number of hydrogen-bond acceptors (Lipinski definition) is 3. The van der Waals surface area contributed by atoms with Gasteiger partial charge in [-0.1, -0.05) is 6.92 Å². The van der Waals surface area contributed by atoms with E-state index < -0.39 is 5.54 Å². The maximum atomic E-state index is 11.5. The summed E-state index contributed by atoms with van der Waals surface area (Å²) in [6.45, 7) is 7.91. The third kappa shape index (κ3) is 10.1. The lowest BCUT2D eigenvalue weighted by Crippen LogP contribution is -2.41. The summed E-state index contributed by atoms with van der Waals surface area (Å²) >= 11 is 1.90. The molecule has 0 aromatic rings. The van der Waals surface area contributed by atoms with E-state index in [0.717, 1.165) is 17.9 Å². The zero-order chi connectivity index (χ0) is 11.9. The van der Waals surface area contributed by atoms with E-state index in [0.29, 0.717) is 6.42 Å². The van der Waals surface area contributed by atoms with E-state index in [2.05, 4.69) is 12.2 Å². The van der Waals surface area contributed by atoms with E-state index in [9.17, 15) is 4.79 Å². The van der Waals surface area contributed by atoms with Crippen molar-refractivity contribution in [1.82, 2.24) is 5.32 Å². The Kier molecular flexibility index (Phi) is 7.02. The fourth-order valence-corrected chi connectivity index (χ4v) is 2.03. The lowest BCUT2D eigenvalue weighted by molar-refractivity contribution is -0.122. The molecule has 1 unspecified atom stereocenters. The molecule has 0 spiro atoms. The number of rotatable bonds is 7. The fraction of sp³-hybridized carbons (Fsp3) is 0.909. The molecule has 3 nitrogen and oxygen atoms in total. The van der Waals surface area contributed by atoms with Crippen molar-refractivity contribution >= 4 is 17.7 Å². The summed E-state index contributed by atoms with van der Waals surface area (Å²) in [5, 5.41) is 2.96. The number of hydrogen-bond donors (Lipinski definition) is 2. The second kappa shape index (κ2) is 7.12. The third-order valence-electron chi connectivity index (χ3n) is 1.92. The Labute approximate surface area is 97.6 Å². The van der Waals surface area contributed by atoms with Crippen molar-refractivity contribution in [1.29, 1.82) is 0 Å². The zero-order valence-corrected chi connectivity index (χ0v) is 11.1. The summed E-state index contributed by atoms with van der Waals surface area (Å²) in [4.78, 5) is 11.5. The van der Waals surface area contributed by atoms with Crippen LogP contribution in [0.4, 0.5) is 0 Å². The molecule has 15 heavy (non-hydrogen) atoms. The van der Waals surface area contributed by atoms with Crippen molar-refractivity contribution in [2.45, 2.75) is 52.1 Å². The van der Waals surface area contributed by atoms with E-state index in [1.165, 1.54) is 0 Å². The van der Waals surface area contributed by atoms with Gasteiger partial charge in [0.05, 0.1) is 0 Å². The maximum Gasteiger partial charge on any atom is 0.222 e. The normalized spacial score (nSPS) is 13.7. The highest BCUT2D eigenvalue weighted by molar-refractivity contribution is 7.99. The molecule has 0 rings (SSSR count). The third-order valence-corrected chi connectivity index (χ3v) is 2.86. The van der Waals surface area contributed by atoms with E-state index in [4.69, 9.17) is 5.73 Å². The van der Waals surface area contributed by atoms with Gasteiger partial charge in [-0.2, -0.15) is 11.8 Å². The first-order valence-corrected chi connectivity index (χ1v) is 6.66. The van der Waals surface area contributed by atoms with Crippen LogP contribution in [-0.4, -0.2) is 29.0 Å². The first-order chi connectivity index (χ1) is 6.85. The van der Waals surface area contributed by atoms with Gasteiger partial charge in [-0.3, -0.25) is 4.79 Å². The Morgan fingerprint density at radius 3 is 2.60 bits per heavy atom. The van der Waals surface area contributed by atoms with E-state index in [1.807, 2.05) is 32.5 Å². The standard InChI is InChI=1S/C11H24N2OS/c1-5-15-7-6-9(2)13-10(14)8-11(3,4)12/h9H,5-8,12H2,1-4H3,(H,13,14). The summed E-state index contributed by atoms with van der Waals surface area (Å²) < 4.78 is 0. The monoisotopic (exact) mass is 232 g/mol. The van der Waals surface area contributed by atoms with Crippen LogP contribution in [0.3, 0.4) is 0 Å². The second-order valence-corrected chi connectivity index (χ2v) is 6.01. The number of carbonyl (C=O) groups excluding carboxylic acids is 1. The molecule has 3 N–H and O–H groups in total. The number of nitrogens with two attached hydrogens (primary N) is 1. The average Bonchev–Trinajstić information content (AvgIpc) is 2.00. The molecule has 0 aliphatic heterocycles. The van der Waals surface area contributed by atoms with E-state index in [-0.39, 0.29) is 11.9 Å². The molecule has 0 aliphatic rings. The summed E-state index contributed by atoms with van der Waals surface area (Å²) in [7, 11) is 0. The van der Waals surface area contributed by atoms with Gasteiger partial charge < -0.3 is 11.1 Å². The fourth-order valence-electron chi connectivity index (χ4n) is 1.22. The van der Waals surface area contributed by atoms with Crippen LogP contribution in [-0.2, 0) is 4.79 Å². The summed E-state index contributed by atoms with van der Waals surface area (Å²) in [5.41, 5.74) is 5.35. The van der Waals surface area contributed by atoms with Gasteiger partial charge in [-0.25, -0.2) is 0 Å². The van der Waals surface area contributed by atoms with Crippen LogP contribution < -0.4 is 11.1 Å². The molecule has 4 heteroatoms. The van der Waals surface area contributed by atoms with Gasteiger partial charge in [0.2, 0.25) is 5.91 Å². The molecular weight excluding hydrogens is 208 g/mol. The van der Waals surface area contributed by atoms with Gasteiger partial charge in [0.25, 0.3) is 0 Å². The quantitative estimate of drug-likeness (QED) is 0.658. The van der Waals surface area contributed by atoms with Crippen molar-refractivity contribution in [2.24, 2.45) is 5.73 Å². The zero-order valence-electron chi connectivity index (χ0n) is 10.3. The number of carbonyl (C=O) groups is 1. The van der Waals surface area contributed by atoms with Crippen LogP contribution >= 0.6 is 11.8 Å². The average molecular weight is 232 g/mol. The van der Waals surface area contributed by atoms with Crippen LogP contribution in [0.1, 0.15) is 40.5 Å². The van der Waals surface area contributed by atoms with Gasteiger partial charge in [0.1, 0.15) is 0 Å². The van der Waals surface area contributed by atoms with Crippen molar-refractivity contribution in [3.63, 3.8) is 0 Å². The van der Waals surface area contributed by atoms with Crippen LogP contribution in [0.25, 0.3) is 0 Å². The predicted molar refractivity (Wildman–Crippen MR) is 68.1 cm³/mol. The molecule has 1 atom stereocenters. The molecule has 1 amide bonds. The lowest BCUT2D eigenvalue weighted by Gasteiger charge is -2.20. The van der Waals surface area contributed by atoms with E-state index >= 15 is 0 Å². The molecule has 0 saturated heterocycles. The molecule has 0 heterocycles. The lowest BCUT2D eigenvalue weighted by atomic mass is 10.0. The van der Waals surface area contributed by atoms with Gasteiger partial charge in [-0.15, -0.1) is 0 Å². The summed E-state index contributed by atoms with van der Waals surface area (Å²) in [6, 6.07) is 0.249. The minimum Gasteiger partial charge on any atom is -0.354 e. The molecule has 0 radical (unpaired) electrons. The minimum absolute atomic E-state index is 0.0523.